The van der Waals surface area contributed by atoms with Gasteiger partial charge in [0, 0.05) is 46.9 Å². The summed E-state index contributed by atoms with van der Waals surface area (Å²) in [4.78, 5) is 36.9. The molecule has 0 aliphatic heterocycles. The van der Waals surface area contributed by atoms with E-state index in [0.29, 0.717) is 11.1 Å². The van der Waals surface area contributed by atoms with E-state index in [1.807, 2.05) is 60.3 Å². The number of nitrogens with zero attached hydrogens (tertiary/aromatic N) is 4. The molecule has 4 aromatic heterocycles. The fourth-order valence-corrected chi connectivity index (χ4v) is 5.15. The van der Waals surface area contributed by atoms with Gasteiger partial charge in [0.1, 0.15) is 4.83 Å². The Kier molecular flexibility index (Phi) is 4.91. The molecule has 0 fully saturated rings. The predicted molar refractivity (Wildman–Crippen MR) is 125 cm³/mol. The first kappa shape index (κ1) is 19.7. The molecule has 9 heteroatoms. The molecule has 5 rings (SSSR count). The van der Waals surface area contributed by atoms with Crippen molar-refractivity contribution >= 4 is 49.4 Å². The lowest BCUT2D eigenvalue weighted by molar-refractivity contribution is -0.116. The van der Waals surface area contributed by atoms with Gasteiger partial charge in [0.2, 0.25) is 5.91 Å². The second-order valence-corrected chi connectivity index (χ2v) is 9.38. The van der Waals surface area contributed by atoms with E-state index >= 15 is 0 Å². The summed E-state index contributed by atoms with van der Waals surface area (Å²) in [6.45, 7) is 4.20. The molecule has 1 N–H and O–H groups in total. The molecule has 0 saturated heterocycles. The van der Waals surface area contributed by atoms with Crippen LogP contribution < -0.4 is 10.9 Å². The van der Waals surface area contributed by atoms with E-state index < -0.39 is 0 Å². The SMILES string of the molecule is Cc1sc2ncn(CCC(=O)Nc3ccc(-c4cn5ccsc5n4)cc3)c(=O)c2c1C. The number of nitrogens with one attached hydrogen (secondary N) is 1. The zero-order valence-electron chi connectivity index (χ0n) is 17.0. The number of carbonyl (C=O) groups is 1. The number of thiophene rings is 1. The Balaban J connectivity index is 1.25. The third-order valence-corrected chi connectivity index (χ3v) is 7.18. The predicted octanol–water partition coefficient (Wildman–Crippen LogP) is 4.48. The number of hydrogen-bond acceptors (Lipinski definition) is 6. The number of thiazole rings is 1. The maximum Gasteiger partial charge on any atom is 0.262 e. The highest BCUT2D eigenvalue weighted by Gasteiger charge is 2.13. The second-order valence-electron chi connectivity index (χ2n) is 7.30. The number of fused-ring (bicyclic) bond motifs is 2. The summed E-state index contributed by atoms with van der Waals surface area (Å²) in [5.74, 6) is -0.152. The first-order valence-electron chi connectivity index (χ1n) is 9.77. The number of aryl methyl sites for hydroxylation is 3. The van der Waals surface area contributed by atoms with Crippen molar-refractivity contribution in [2.75, 3.05) is 5.32 Å². The van der Waals surface area contributed by atoms with Crippen LogP contribution >= 0.6 is 22.7 Å². The number of hydrogen-bond donors (Lipinski definition) is 1. The van der Waals surface area contributed by atoms with Crippen molar-refractivity contribution in [2.45, 2.75) is 26.8 Å². The van der Waals surface area contributed by atoms with Crippen LogP contribution in [0.3, 0.4) is 0 Å². The summed E-state index contributed by atoms with van der Waals surface area (Å²) in [5.41, 5.74) is 3.46. The van der Waals surface area contributed by atoms with Gasteiger partial charge in [-0.1, -0.05) is 12.1 Å². The molecule has 0 spiro atoms. The molecule has 1 amide bonds. The maximum absolute atomic E-state index is 12.7. The van der Waals surface area contributed by atoms with Crippen LogP contribution in [0.25, 0.3) is 26.4 Å². The third-order valence-electron chi connectivity index (χ3n) is 5.29. The zero-order chi connectivity index (χ0) is 21.5. The molecule has 7 nitrogen and oxygen atoms in total. The van der Waals surface area contributed by atoms with Gasteiger partial charge >= 0.3 is 0 Å². The molecule has 5 aromatic rings. The molecule has 0 unspecified atom stereocenters. The number of anilines is 1. The van der Waals surface area contributed by atoms with Crippen LogP contribution in [0.4, 0.5) is 5.69 Å². The summed E-state index contributed by atoms with van der Waals surface area (Å²) >= 11 is 3.11. The van der Waals surface area contributed by atoms with E-state index in [4.69, 9.17) is 0 Å². The molecule has 1 aromatic carbocycles. The van der Waals surface area contributed by atoms with Crippen molar-refractivity contribution in [3.05, 3.63) is 69.2 Å². The van der Waals surface area contributed by atoms with Gasteiger partial charge in [0.15, 0.2) is 4.96 Å². The number of rotatable bonds is 5. The van der Waals surface area contributed by atoms with Crippen molar-refractivity contribution in [1.29, 1.82) is 0 Å². The normalized spacial score (nSPS) is 11.4. The summed E-state index contributed by atoms with van der Waals surface area (Å²) in [7, 11) is 0. The van der Waals surface area contributed by atoms with Gasteiger partial charge in [-0.05, 0) is 31.5 Å². The van der Waals surface area contributed by atoms with Gasteiger partial charge in [-0.2, -0.15) is 0 Å². The van der Waals surface area contributed by atoms with E-state index in [0.717, 1.165) is 31.5 Å². The Morgan fingerprint density at radius 2 is 2.00 bits per heavy atom. The largest absolute Gasteiger partial charge is 0.326 e. The number of amides is 1. The van der Waals surface area contributed by atoms with Gasteiger partial charge < -0.3 is 5.32 Å². The lowest BCUT2D eigenvalue weighted by Gasteiger charge is -2.08. The highest BCUT2D eigenvalue weighted by atomic mass is 32.1. The first-order valence-corrected chi connectivity index (χ1v) is 11.5. The van der Waals surface area contributed by atoms with Crippen LogP contribution in [-0.2, 0) is 11.3 Å². The average molecular weight is 450 g/mol. The minimum Gasteiger partial charge on any atom is -0.326 e. The van der Waals surface area contributed by atoms with E-state index in [-0.39, 0.29) is 24.4 Å². The van der Waals surface area contributed by atoms with Crippen LogP contribution in [0.2, 0.25) is 0 Å². The van der Waals surface area contributed by atoms with Crippen molar-refractivity contribution < 1.29 is 4.79 Å². The molecule has 4 heterocycles. The van der Waals surface area contributed by atoms with E-state index in [2.05, 4.69) is 15.3 Å². The molecule has 0 aliphatic carbocycles. The van der Waals surface area contributed by atoms with Crippen LogP contribution in [0, 0.1) is 13.8 Å². The van der Waals surface area contributed by atoms with E-state index in [1.54, 1.807) is 11.3 Å². The Morgan fingerprint density at radius 3 is 2.77 bits per heavy atom. The smallest absolute Gasteiger partial charge is 0.262 e. The zero-order valence-corrected chi connectivity index (χ0v) is 18.6. The van der Waals surface area contributed by atoms with Crippen molar-refractivity contribution in [3.8, 4) is 11.3 Å². The summed E-state index contributed by atoms with van der Waals surface area (Å²) in [5, 5.41) is 5.54. The molecular weight excluding hydrogens is 430 g/mol. The Hall–Kier alpha value is -3.30. The number of benzene rings is 1. The van der Waals surface area contributed by atoms with Crippen LogP contribution in [0.1, 0.15) is 16.9 Å². The highest BCUT2D eigenvalue weighted by molar-refractivity contribution is 7.18. The minimum atomic E-state index is -0.152. The molecule has 156 valence electrons. The Bertz CT molecular complexity index is 1450. The molecule has 0 atom stereocenters. The summed E-state index contributed by atoms with van der Waals surface area (Å²) in [6, 6.07) is 7.59. The first-order chi connectivity index (χ1) is 15.0. The lowest BCUT2D eigenvalue weighted by Crippen LogP contribution is -2.23. The van der Waals surface area contributed by atoms with Gasteiger partial charge in [-0.15, -0.1) is 22.7 Å². The van der Waals surface area contributed by atoms with Crippen molar-refractivity contribution in [3.63, 3.8) is 0 Å². The van der Waals surface area contributed by atoms with Gasteiger partial charge in [0.25, 0.3) is 5.56 Å². The van der Waals surface area contributed by atoms with E-state index in [9.17, 15) is 9.59 Å². The van der Waals surface area contributed by atoms with Gasteiger partial charge in [0.05, 0.1) is 17.4 Å². The van der Waals surface area contributed by atoms with Crippen LogP contribution in [0.5, 0.6) is 0 Å². The fraction of sp³-hybridized carbons (Fsp3) is 0.182. The number of imidazole rings is 1. The summed E-state index contributed by atoms with van der Waals surface area (Å²) < 4.78 is 3.50. The number of carbonyl (C=O) groups excluding carboxylic acids is 1. The topological polar surface area (TPSA) is 81.3 Å². The van der Waals surface area contributed by atoms with Crippen molar-refractivity contribution in [2.24, 2.45) is 0 Å². The Labute approximate surface area is 185 Å². The highest BCUT2D eigenvalue weighted by Crippen LogP contribution is 2.25. The molecule has 0 aliphatic rings. The molecule has 31 heavy (non-hydrogen) atoms. The second kappa shape index (κ2) is 7.75. The third kappa shape index (κ3) is 3.66. The maximum atomic E-state index is 12.7. The standard InChI is InChI=1S/C22H19N5O2S2/c1-13-14(2)31-20-19(13)21(29)27(12-23-20)8-7-18(28)24-16-5-3-15(4-6-16)17-11-26-9-10-30-22(26)25-17/h3-6,9-12H,7-8H2,1-2H3,(H,24,28). The van der Waals surface area contributed by atoms with Crippen LogP contribution in [-0.4, -0.2) is 24.8 Å². The van der Waals surface area contributed by atoms with Gasteiger partial charge in [-0.3, -0.25) is 18.6 Å². The van der Waals surface area contributed by atoms with E-state index in [1.165, 1.54) is 22.2 Å². The molecule has 0 radical (unpaired) electrons. The molecule has 0 bridgehead atoms. The Morgan fingerprint density at radius 1 is 1.19 bits per heavy atom. The van der Waals surface area contributed by atoms with Gasteiger partial charge in [-0.25, -0.2) is 9.97 Å². The molecule has 0 saturated carbocycles. The minimum absolute atomic E-state index is 0.0935. The summed E-state index contributed by atoms with van der Waals surface area (Å²) in [6.07, 6.45) is 5.68. The monoisotopic (exact) mass is 449 g/mol. The molecular formula is C22H19N5O2S2. The average Bonchev–Trinajstić information content (AvgIpc) is 3.43. The van der Waals surface area contributed by atoms with Crippen molar-refractivity contribution in [1.82, 2.24) is 18.9 Å². The lowest BCUT2D eigenvalue weighted by atomic mass is 10.1. The number of aromatic nitrogens is 4. The fourth-order valence-electron chi connectivity index (χ4n) is 3.47. The van der Waals surface area contributed by atoms with Crippen LogP contribution in [0.15, 0.2) is 53.2 Å². The quantitative estimate of drug-likeness (QED) is 0.429.